The third-order valence-corrected chi connectivity index (χ3v) is 5.35. The van der Waals surface area contributed by atoms with E-state index in [1.807, 2.05) is 24.3 Å². The van der Waals surface area contributed by atoms with Crippen LogP contribution in [0, 0.1) is 0 Å². The van der Waals surface area contributed by atoms with E-state index in [0.29, 0.717) is 6.42 Å². The van der Waals surface area contributed by atoms with E-state index < -0.39 is 36.4 Å². The van der Waals surface area contributed by atoms with Crippen molar-refractivity contribution in [1.29, 1.82) is 0 Å². The molecule has 150 valence electrons. The molecule has 1 fully saturated rings. The largest absolute Gasteiger partial charge is 0.435 e. The number of alkyl halides is 2. The SMILES string of the molecule is O=C(CN1C(=O)N[C@]2(CCCc3ccccc32)C1=O)c1ccc(OC(F)F)cc1. The molecule has 3 amide bonds. The number of rotatable bonds is 5. The number of carbonyl (C=O) groups is 3. The zero-order chi connectivity index (χ0) is 20.6. The minimum atomic E-state index is -2.96. The van der Waals surface area contributed by atoms with Gasteiger partial charge in [0, 0.05) is 5.56 Å². The Morgan fingerprint density at radius 2 is 1.86 bits per heavy atom. The molecular weight excluding hydrogens is 382 g/mol. The van der Waals surface area contributed by atoms with Crippen molar-refractivity contribution < 1.29 is 27.9 Å². The Morgan fingerprint density at radius 1 is 1.14 bits per heavy atom. The number of nitrogens with one attached hydrogen (secondary N) is 1. The quantitative estimate of drug-likeness (QED) is 0.618. The van der Waals surface area contributed by atoms with E-state index in [9.17, 15) is 23.2 Å². The highest BCUT2D eigenvalue weighted by atomic mass is 19.3. The molecule has 0 aromatic heterocycles. The maximum Gasteiger partial charge on any atom is 0.387 e. The highest BCUT2D eigenvalue weighted by Crippen LogP contribution is 2.39. The van der Waals surface area contributed by atoms with Crippen molar-refractivity contribution in [3.05, 3.63) is 65.2 Å². The fraction of sp³-hybridized carbons (Fsp3) is 0.286. The van der Waals surface area contributed by atoms with E-state index in [0.717, 1.165) is 28.9 Å². The summed E-state index contributed by atoms with van der Waals surface area (Å²) < 4.78 is 28.7. The Bertz CT molecular complexity index is 977. The van der Waals surface area contributed by atoms with E-state index in [2.05, 4.69) is 10.1 Å². The van der Waals surface area contributed by atoms with Crippen LogP contribution in [0.25, 0.3) is 0 Å². The maximum atomic E-state index is 13.2. The summed E-state index contributed by atoms with van der Waals surface area (Å²) in [5, 5.41) is 2.79. The lowest BCUT2D eigenvalue weighted by molar-refractivity contribution is -0.131. The number of urea groups is 1. The number of hydrogen-bond acceptors (Lipinski definition) is 4. The number of ether oxygens (including phenoxy) is 1. The lowest BCUT2D eigenvalue weighted by Crippen LogP contribution is -2.46. The summed E-state index contributed by atoms with van der Waals surface area (Å²) >= 11 is 0. The molecule has 0 radical (unpaired) electrons. The third kappa shape index (κ3) is 3.35. The zero-order valence-electron chi connectivity index (χ0n) is 15.4. The molecule has 0 saturated carbocycles. The average molecular weight is 400 g/mol. The second kappa shape index (κ2) is 7.27. The van der Waals surface area contributed by atoms with Crippen LogP contribution in [0.4, 0.5) is 13.6 Å². The van der Waals surface area contributed by atoms with Crippen LogP contribution in [0.5, 0.6) is 5.75 Å². The fourth-order valence-corrected chi connectivity index (χ4v) is 4.01. The number of ketones is 1. The Kier molecular flexibility index (Phi) is 4.77. The molecule has 1 heterocycles. The molecule has 1 saturated heterocycles. The van der Waals surface area contributed by atoms with Crippen LogP contribution in [0.2, 0.25) is 0 Å². The molecule has 6 nitrogen and oxygen atoms in total. The van der Waals surface area contributed by atoms with Crippen molar-refractivity contribution in [3.63, 3.8) is 0 Å². The minimum Gasteiger partial charge on any atom is -0.435 e. The van der Waals surface area contributed by atoms with Crippen LogP contribution < -0.4 is 10.1 Å². The van der Waals surface area contributed by atoms with Gasteiger partial charge in [0.1, 0.15) is 11.3 Å². The van der Waals surface area contributed by atoms with Gasteiger partial charge in [-0.2, -0.15) is 8.78 Å². The average Bonchev–Trinajstić information content (AvgIpc) is 2.93. The van der Waals surface area contributed by atoms with Crippen LogP contribution in [0.15, 0.2) is 48.5 Å². The highest BCUT2D eigenvalue weighted by Gasteiger charge is 2.54. The van der Waals surface area contributed by atoms with Crippen LogP contribution in [0.1, 0.15) is 34.3 Å². The number of benzene rings is 2. The Morgan fingerprint density at radius 3 is 2.59 bits per heavy atom. The molecule has 1 spiro atoms. The summed E-state index contributed by atoms with van der Waals surface area (Å²) in [5.41, 5.74) is 0.835. The minimum absolute atomic E-state index is 0.0793. The maximum absolute atomic E-state index is 13.2. The highest BCUT2D eigenvalue weighted by molar-refractivity contribution is 6.11. The number of fused-ring (bicyclic) bond motifs is 2. The Balaban J connectivity index is 1.54. The van der Waals surface area contributed by atoms with Gasteiger partial charge in [-0.1, -0.05) is 24.3 Å². The molecule has 29 heavy (non-hydrogen) atoms. The third-order valence-electron chi connectivity index (χ3n) is 5.35. The van der Waals surface area contributed by atoms with Gasteiger partial charge in [0.05, 0.1) is 6.54 Å². The van der Waals surface area contributed by atoms with Crippen LogP contribution in [-0.4, -0.2) is 35.8 Å². The fourth-order valence-electron chi connectivity index (χ4n) is 4.01. The van der Waals surface area contributed by atoms with Gasteiger partial charge in [-0.05, 0) is 54.7 Å². The van der Waals surface area contributed by atoms with Crippen molar-refractivity contribution in [2.45, 2.75) is 31.4 Å². The second-order valence-electron chi connectivity index (χ2n) is 7.06. The first-order valence-electron chi connectivity index (χ1n) is 9.21. The van der Waals surface area contributed by atoms with Crippen LogP contribution in [0.3, 0.4) is 0 Å². The number of nitrogens with zero attached hydrogens (tertiary/aromatic N) is 1. The molecule has 1 atom stereocenters. The molecule has 0 bridgehead atoms. The lowest BCUT2D eigenvalue weighted by Gasteiger charge is -2.33. The number of carbonyl (C=O) groups excluding carboxylic acids is 3. The molecule has 4 rings (SSSR count). The van der Waals surface area contributed by atoms with Crippen LogP contribution >= 0.6 is 0 Å². The summed E-state index contributed by atoms with van der Waals surface area (Å²) in [6.07, 6.45) is 2.04. The van der Waals surface area contributed by atoms with Crippen molar-refractivity contribution in [1.82, 2.24) is 10.2 Å². The Hall–Kier alpha value is -3.29. The van der Waals surface area contributed by atoms with Gasteiger partial charge in [0.15, 0.2) is 5.78 Å². The summed E-state index contributed by atoms with van der Waals surface area (Å²) in [6.45, 7) is -3.39. The first kappa shape index (κ1) is 19.0. The zero-order valence-corrected chi connectivity index (χ0v) is 15.4. The van der Waals surface area contributed by atoms with Crippen molar-refractivity contribution >= 4 is 17.7 Å². The number of halogens is 2. The summed E-state index contributed by atoms with van der Waals surface area (Å²) in [6, 6.07) is 12.0. The van der Waals surface area contributed by atoms with E-state index in [1.165, 1.54) is 24.3 Å². The van der Waals surface area contributed by atoms with Crippen molar-refractivity contribution in [3.8, 4) is 5.75 Å². The molecular formula is C21H18F2N2O4. The molecule has 1 aliphatic heterocycles. The predicted octanol–water partition coefficient (Wildman–Crippen LogP) is 3.25. The van der Waals surface area contributed by atoms with Crippen molar-refractivity contribution in [2.24, 2.45) is 0 Å². The van der Waals surface area contributed by atoms with E-state index in [-0.39, 0.29) is 11.3 Å². The first-order chi connectivity index (χ1) is 13.9. The molecule has 2 aromatic rings. The number of hydrogen-bond donors (Lipinski definition) is 1. The van der Waals surface area contributed by atoms with Gasteiger partial charge in [0.25, 0.3) is 5.91 Å². The molecule has 8 heteroatoms. The van der Waals surface area contributed by atoms with Gasteiger partial charge < -0.3 is 10.1 Å². The second-order valence-corrected chi connectivity index (χ2v) is 7.06. The Labute approximate surface area is 165 Å². The number of aryl methyl sites for hydroxylation is 1. The monoisotopic (exact) mass is 400 g/mol. The number of Topliss-reactive ketones (excluding diaryl/α,β-unsaturated/α-hetero) is 1. The van der Waals surface area contributed by atoms with Gasteiger partial charge >= 0.3 is 12.6 Å². The van der Waals surface area contributed by atoms with Gasteiger partial charge in [-0.3, -0.25) is 14.5 Å². The molecule has 2 aliphatic rings. The van der Waals surface area contributed by atoms with E-state index in [4.69, 9.17) is 0 Å². The predicted molar refractivity (Wildman–Crippen MR) is 98.7 cm³/mol. The van der Waals surface area contributed by atoms with E-state index >= 15 is 0 Å². The topological polar surface area (TPSA) is 75.7 Å². The molecule has 2 aromatic carbocycles. The van der Waals surface area contributed by atoms with Crippen LogP contribution in [-0.2, 0) is 16.8 Å². The van der Waals surface area contributed by atoms with Crippen molar-refractivity contribution in [2.75, 3.05) is 6.54 Å². The number of imide groups is 1. The summed E-state index contributed by atoms with van der Waals surface area (Å²) in [4.78, 5) is 39.2. The van der Waals surface area contributed by atoms with E-state index in [1.54, 1.807) is 0 Å². The van der Waals surface area contributed by atoms with Gasteiger partial charge in [-0.15, -0.1) is 0 Å². The molecule has 0 unspecified atom stereocenters. The number of amides is 3. The smallest absolute Gasteiger partial charge is 0.387 e. The molecule has 1 N–H and O–H groups in total. The summed E-state index contributed by atoms with van der Waals surface area (Å²) in [7, 11) is 0. The standard InChI is InChI=1S/C21H18F2N2O4/c22-19(23)29-15-9-7-14(8-10-15)17(26)12-25-18(27)21(24-20(25)28)11-3-5-13-4-1-2-6-16(13)21/h1-2,4,6-10,19H,3,5,11-12H2,(H,24,28)/t21-/m0/s1. The van der Waals surface area contributed by atoms with Gasteiger partial charge in [0.2, 0.25) is 0 Å². The normalized spacial score (nSPS) is 20.7. The van der Waals surface area contributed by atoms with Gasteiger partial charge in [-0.25, -0.2) is 4.79 Å². The molecule has 1 aliphatic carbocycles. The summed E-state index contributed by atoms with van der Waals surface area (Å²) in [5.74, 6) is -0.997. The first-order valence-corrected chi connectivity index (χ1v) is 9.21. The lowest BCUT2D eigenvalue weighted by atomic mass is 9.76.